The van der Waals surface area contributed by atoms with E-state index in [4.69, 9.17) is 11.6 Å². The Bertz CT molecular complexity index is 947. The molecule has 0 fully saturated rings. The van der Waals surface area contributed by atoms with Gasteiger partial charge in [-0.2, -0.15) is 5.10 Å². The van der Waals surface area contributed by atoms with Crippen LogP contribution in [0.1, 0.15) is 26.3 Å². The maximum atomic E-state index is 11.2. The molecule has 0 amide bonds. The summed E-state index contributed by atoms with van der Waals surface area (Å²) in [5.74, 6) is 0. The van der Waals surface area contributed by atoms with Crippen LogP contribution >= 0.6 is 11.6 Å². The largest absolute Gasteiger partial charge is 0.301 e. The topological polar surface area (TPSA) is 111 Å². The van der Waals surface area contributed by atoms with E-state index < -0.39 is 15.5 Å². The van der Waals surface area contributed by atoms with Gasteiger partial charge in [0, 0.05) is 16.5 Å². The Labute approximate surface area is 166 Å². The van der Waals surface area contributed by atoms with Crippen LogP contribution in [0.4, 0.5) is 17.1 Å². The van der Waals surface area contributed by atoms with Crippen LogP contribution in [0.5, 0.6) is 0 Å². The minimum absolute atomic E-state index is 0.0669. The molecular weight excluding hydrogens is 384 g/mol. The first kappa shape index (κ1) is 21.0. The van der Waals surface area contributed by atoms with Crippen LogP contribution in [-0.2, 0) is 0 Å². The lowest BCUT2D eigenvalue weighted by atomic mass is 9.89. The van der Waals surface area contributed by atoms with Gasteiger partial charge in [0.2, 0.25) is 0 Å². The van der Waals surface area contributed by atoms with E-state index >= 15 is 0 Å². The number of halogens is 1. The molecule has 0 spiro atoms. The van der Waals surface area contributed by atoms with Crippen molar-refractivity contribution in [3.05, 3.63) is 79.4 Å². The Hall–Kier alpha value is -3.26. The number of nitro groups is 2. The average molecular weight is 403 g/mol. The molecule has 0 aliphatic heterocycles. The molecule has 1 N–H and O–H groups in total. The summed E-state index contributed by atoms with van der Waals surface area (Å²) in [5, 5.41) is 27.0. The maximum absolute atomic E-state index is 11.2. The SMILES string of the molecule is CC(C)(C)C(/C=C/c1ccc(Cl)cc1)=NNc1ccc([N+](=O)[O-])cc1[N+](=O)[O-]. The van der Waals surface area contributed by atoms with Gasteiger partial charge in [-0.3, -0.25) is 25.7 Å². The lowest BCUT2D eigenvalue weighted by Gasteiger charge is -2.19. The van der Waals surface area contributed by atoms with Gasteiger partial charge in [0.25, 0.3) is 5.69 Å². The summed E-state index contributed by atoms with van der Waals surface area (Å²) >= 11 is 5.88. The molecule has 9 heteroatoms. The summed E-state index contributed by atoms with van der Waals surface area (Å²) in [6, 6.07) is 10.6. The fraction of sp³-hybridized carbons (Fsp3) is 0.211. The monoisotopic (exact) mass is 402 g/mol. The van der Waals surface area contributed by atoms with Crippen LogP contribution in [0, 0.1) is 25.6 Å². The highest BCUT2D eigenvalue weighted by Gasteiger charge is 2.21. The molecule has 0 unspecified atom stereocenters. The van der Waals surface area contributed by atoms with Crippen LogP contribution in [0.15, 0.2) is 53.6 Å². The Balaban J connectivity index is 2.34. The van der Waals surface area contributed by atoms with E-state index in [9.17, 15) is 20.2 Å². The van der Waals surface area contributed by atoms with Gasteiger partial charge >= 0.3 is 5.69 Å². The highest BCUT2D eigenvalue weighted by Crippen LogP contribution is 2.29. The molecule has 8 nitrogen and oxygen atoms in total. The minimum Gasteiger partial charge on any atom is -0.271 e. The molecule has 2 aromatic carbocycles. The fourth-order valence-corrected chi connectivity index (χ4v) is 2.33. The van der Waals surface area contributed by atoms with Crippen molar-refractivity contribution >= 4 is 40.5 Å². The van der Waals surface area contributed by atoms with Crippen molar-refractivity contribution in [2.24, 2.45) is 10.5 Å². The summed E-state index contributed by atoms with van der Waals surface area (Å²) in [7, 11) is 0. The van der Waals surface area contributed by atoms with E-state index in [0.717, 1.165) is 11.6 Å². The molecule has 0 saturated carbocycles. The predicted molar refractivity (Wildman–Crippen MR) is 111 cm³/mol. The zero-order chi connectivity index (χ0) is 20.9. The van der Waals surface area contributed by atoms with E-state index in [-0.39, 0.29) is 16.8 Å². The first-order valence-electron chi connectivity index (χ1n) is 8.28. The van der Waals surface area contributed by atoms with Crippen molar-refractivity contribution in [3.8, 4) is 0 Å². The highest BCUT2D eigenvalue weighted by atomic mass is 35.5. The molecule has 0 saturated heterocycles. The number of allylic oxidation sites excluding steroid dienone is 1. The summed E-state index contributed by atoms with van der Waals surface area (Å²) in [5.41, 5.74) is 3.14. The van der Waals surface area contributed by atoms with Gasteiger partial charge < -0.3 is 0 Å². The van der Waals surface area contributed by atoms with Crippen LogP contribution < -0.4 is 5.43 Å². The Morgan fingerprint density at radius 1 is 1.07 bits per heavy atom. The zero-order valence-corrected chi connectivity index (χ0v) is 16.3. The van der Waals surface area contributed by atoms with Crippen molar-refractivity contribution in [2.75, 3.05) is 5.43 Å². The van der Waals surface area contributed by atoms with Gasteiger partial charge in [0.05, 0.1) is 21.6 Å². The van der Waals surface area contributed by atoms with Gasteiger partial charge in [-0.05, 0) is 29.8 Å². The predicted octanol–water partition coefficient (Wildman–Crippen LogP) is 5.68. The van der Waals surface area contributed by atoms with Gasteiger partial charge in [-0.1, -0.05) is 50.6 Å². The highest BCUT2D eigenvalue weighted by molar-refractivity contribution is 6.30. The summed E-state index contributed by atoms with van der Waals surface area (Å²) < 4.78 is 0. The van der Waals surface area contributed by atoms with Crippen molar-refractivity contribution in [3.63, 3.8) is 0 Å². The van der Waals surface area contributed by atoms with Crippen molar-refractivity contribution < 1.29 is 9.85 Å². The Kier molecular flexibility index (Phi) is 6.48. The van der Waals surface area contributed by atoms with Crippen LogP contribution in [-0.4, -0.2) is 15.6 Å². The Morgan fingerprint density at radius 3 is 2.25 bits per heavy atom. The number of hydrogen-bond acceptors (Lipinski definition) is 6. The average Bonchev–Trinajstić information content (AvgIpc) is 2.61. The third-order valence-electron chi connectivity index (χ3n) is 3.76. The summed E-state index contributed by atoms with van der Waals surface area (Å²) in [6.07, 6.45) is 3.65. The second kappa shape index (κ2) is 8.62. The lowest BCUT2D eigenvalue weighted by molar-refractivity contribution is -0.393. The van der Waals surface area contributed by atoms with Gasteiger partial charge in [0.1, 0.15) is 5.69 Å². The van der Waals surface area contributed by atoms with Crippen LogP contribution in [0.3, 0.4) is 0 Å². The second-order valence-electron chi connectivity index (χ2n) is 6.96. The summed E-state index contributed by atoms with van der Waals surface area (Å²) in [6.45, 7) is 5.85. The van der Waals surface area contributed by atoms with Crippen LogP contribution in [0.25, 0.3) is 6.08 Å². The molecule has 0 aliphatic rings. The number of hydrazone groups is 1. The third kappa shape index (κ3) is 5.62. The molecule has 28 heavy (non-hydrogen) atoms. The molecule has 0 bridgehead atoms. The van der Waals surface area contributed by atoms with Gasteiger partial charge in [-0.25, -0.2) is 0 Å². The number of nitrogens with zero attached hydrogens (tertiary/aromatic N) is 3. The number of hydrogen-bond donors (Lipinski definition) is 1. The number of nitrogens with one attached hydrogen (secondary N) is 1. The normalized spacial score (nSPS) is 12.2. The fourth-order valence-electron chi connectivity index (χ4n) is 2.20. The number of rotatable bonds is 6. The number of non-ortho nitro benzene ring substituents is 1. The standard InChI is InChI=1S/C19H19ClN4O4/c1-19(2,3)18(11-6-13-4-7-14(20)8-5-13)22-21-16-10-9-15(23(25)26)12-17(16)24(27)28/h4-12,21H,1-3H3/b11-6+,22-18?. The van der Waals surface area contributed by atoms with Gasteiger partial charge in [-0.15, -0.1) is 0 Å². The molecule has 0 aliphatic carbocycles. The molecule has 0 atom stereocenters. The minimum atomic E-state index is -0.689. The van der Waals surface area contributed by atoms with Crippen LogP contribution in [0.2, 0.25) is 5.02 Å². The number of anilines is 1. The van der Waals surface area contributed by atoms with E-state index in [1.54, 1.807) is 18.2 Å². The Morgan fingerprint density at radius 2 is 1.71 bits per heavy atom. The maximum Gasteiger partial charge on any atom is 0.301 e. The molecule has 0 radical (unpaired) electrons. The molecule has 2 rings (SSSR count). The summed E-state index contributed by atoms with van der Waals surface area (Å²) in [4.78, 5) is 20.7. The molecule has 146 valence electrons. The van der Waals surface area contributed by atoms with Crippen molar-refractivity contribution in [1.29, 1.82) is 0 Å². The van der Waals surface area contributed by atoms with E-state index in [0.29, 0.717) is 10.7 Å². The first-order chi connectivity index (χ1) is 13.1. The van der Waals surface area contributed by atoms with E-state index in [1.165, 1.54) is 12.1 Å². The van der Waals surface area contributed by atoms with Gasteiger partial charge in [0.15, 0.2) is 0 Å². The second-order valence-corrected chi connectivity index (χ2v) is 7.40. The molecule has 0 heterocycles. The molecule has 0 aromatic heterocycles. The number of benzene rings is 2. The zero-order valence-electron chi connectivity index (χ0n) is 15.5. The van der Waals surface area contributed by atoms with E-state index in [2.05, 4.69) is 10.5 Å². The third-order valence-corrected chi connectivity index (χ3v) is 4.01. The molecular formula is C19H19ClN4O4. The first-order valence-corrected chi connectivity index (χ1v) is 8.66. The quantitative estimate of drug-likeness (QED) is 0.379. The molecule has 2 aromatic rings. The smallest absolute Gasteiger partial charge is 0.271 e. The number of nitro benzene ring substituents is 2. The lowest BCUT2D eigenvalue weighted by Crippen LogP contribution is -2.19. The van der Waals surface area contributed by atoms with Crippen molar-refractivity contribution in [2.45, 2.75) is 20.8 Å². The van der Waals surface area contributed by atoms with E-state index in [1.807, 2.05) is 39.0 Å². The van der Waals surface area contributed by atoms with Crippen molar-refractivity contribution in [1.82, 2.24) is 0 Å².